The molecule has 0 fully saturated rings. The first kappa shape index (κ1) is 19.0. The lowest BCUT2D eigenvalue weighted by atomic mass is 10.3. The predicted molar refractivity (Wildman–Crippen MR) is 89.8 cm³/mol. The number of ether oxygens (including phenoxy) is 1. The van der Waals surface area contributed by atoms with Crippen LogP contribution in [-0.2, 0) is 0 Å². The van der Waals surface area contributed by atoms with Crippen LogP contribution in [0.15, 0.2) is 53.8 Å². The summed E-state index contributed by atoms with van der Waals surface area (Å²) < 4.78 is 40.0. The molecule has 1 aromatic heterocycles. The first-order chi connectivity index (χ1) is 12.3. The number of alkyl halides is 3. The number of pyridine rings is 1. The Labute approximate surface area is 147 Å². The molecular weight excluding hydrogens is 351 g/mol. The van der Waals surface area contributed by atoms with Gasteiger partial charge in [0.2, 0.25) is 0 Å². The van der Waals surface area contributed by atoms with E-state index in [0.717, 1.165) is 12.1 Å². The summed E-state index contributed by atoms with van der Waals surface area (Å²) in [5.41, 5.74) is 6.56. The average Bonchev–Trinajstić information content (AvgIpc) is 2.60. The Morgan fingerprint density at radius 3 is 2.58 bits per heavy atom. The Kier molecular flexibility index (Phi) is 6.36. The zero-order chi connectivity index (χ0) is 19.0. The zero-order valence-corrected chi connectivity index (χ0v) is 13.5. The standard InChI is InChI=1S/C16H16F3N5O2/c17-16(18,19)26-13-5-3-12(4-6-13)24-15(20)23-9-8-22-14(25)11-2-1-7-21-10-11/h1-7,10H,8-9H2,(H,22,25)(H3,20,23,24). The highest BCUT2D eigenvalue weighted by atomic mass is 19.4. The van der Waals surface area contributed by atoms with Crippen molar-refractivity contribution in [3.05, 3.63) is 54.4 Å². The van der Waals surface area contributed by atoms with E-state index in [2.05, 4.69) is 25.3 Å². The third-order valence-corrected chi connectivity index (χ3v) is 2.96. The molecule has 0 aliphatic carbocycles. The maximum absolute atomic E-state index is 12.1. The molecule has 26 heavy (non-hydrogen) atoms. The van der Waals surface area contributed by atoms with E-state index in [4.69, 9.17) is 5.73 Å². The molecule has 10 heteroatoms. The molecule has 0 aliphatic rings. The van der Waals surface area contributed by atoms with Crippen molar-refractivity contribution in [2.75, 3.05) is 18.4 Å². The molecule has 0 saturated heterocycles. The number of halogens is 3. The quantitative estimate of drug-likeness (QED) is 0.412. The molecule has 138 valence electrons. The number of nitrogens with zero attached hydrogens (tertiary/aromatic N) is 2. The second-order valence-corrected chi connectivity index (χ2v) is 4.96. The smallest absolute Gasteiger partial charge is 0.406 e. The lowest BCUT2D eigenvalue weighted by Gasteiger charge is -2.10. The van der Waals surface area contributed by atoms with Gasteiger partial charge in [-0.3, -0.25) is 14.8 Å². The number of anilines is 1. The molecule has 1 heterocycles. The van der Waals surface area contributed by atoms with E-state index in [9.17, 15) is 18.0 Å². The monoisotopic (exact) mass is 367 g/mol. The van der Waals surface area contributed by atoms with Gasteiger partial charge in [-0.2, -0.15) is 0 Å². The van der Waals surface area contributed by atoms with Gasteiger partial charge in [0.1, 0.15) is 5.75 Å². The number of aliphatic imine (C=N–C) groups is 1. The topological polar surface area (TPSA) is 102 Å². The van der Waals surface area contributed by atoms with Gasteiger partial charge < -0.3 is 21.1 Å². The van der Waals surface area contributed by atoms with Crippen molar-refractivity contribution in [2.24, 2.45) is 10.7 Å². The van der Waals surface area contributed by atoms with E-state index in [1.165, 1.54) is 18.3 Å². The largest absolute Gasteiger partial charge is 0.573 e. The van der Waals surface area contributed by atoms with E-state index < -0.39 is 6.36 Å². The molecule has 1 amide bonds. The minimum Gasteiger partial charge on any atom is -0.406 e. The van der Waals surface area contributed by atoms with Crippen LogP contribution in [0.25, 0.3) is 0 Å². The number of hydrogen-bond acceptors (Lipinski definition) is 4. The molecule has 0 unspecified atom stereocenters. The van der Waals surface area contributed by atoms with E-state index >= 15 is 0 Å². The van der Waals surface area contributed by atoms with Gasteiger partial charge in [-0.1, -0.05) is 0 Å². The number of hydrogen-bond donors (Lipinski definition) is 3. The normalized spacial score (nSPS) is 11.7. The molecule has 2 aromatic rings. The maximum atomic E-state index is 12.1. The van der Waals surface area contributed by atoms with Crippen LogP contribution >= 0.6 is 0 Å². The number of aromatic nitrogens is 1. The van der Waals surface area contributed by atoms with Crippen LogP contribution in [0.3, 0.4) is 0 Å². The maximum Gasteiger partial charge on any atom is 0.573 e. The summed E-state index contributed by atoms with van der Waals surface area (Å²) in [6, 6.07) is 8.32. The summed E-state index contributed by atoms with van der Waals surface area (Å²) in [6.07, 6.45) is -1.73. The zero-order valence-electron chi connectivity index (χ0n) is 13.5. The van der Waals surface area contributed by atoms with Crippen LogP contribution in [0.1, 0.15) is 10.4 Å². The average molecular weight is 367 g/mol. The van der Waals surface area contributed by atoms with E-state index in [0.29, 0.717) is 11.3 Å². The number of nitrogens with two attached hydrogens (primary N) is 1. The summed E-state index contributed by atoms with van der Waals surface area (Å²) in [5.74, 6) is -0.554. The summed E-state index contributed by atoms with van der Waals surface area (Å²) in [6.45, 7) is 0.481. The molecule has 2 rings (SSSR count). The number of guanidine groups is 1. The number of nitrogens with one attached hydrogen (secondary N) is 2. The highest BCUT2D eigenvalue weighted by molar-refractivity contribution is 5.94. The van der Waals surface area contributed by atoms with Gasteiger partial charge >= 0.3 is 6.36 Å². The second kappa shape index (κ2) is 8.70. The molecule has 0 saturated carbocycles. The molecule has 1 aromatic carbocycles. The van der Waals surface area contributed by atoms with Gasteiger partial charge in [0, 0.05) is 24.6 Å². The summed E-state index contributed by atoms with van der Waals surface area (Å²) in [5, 5.41) is 5.37. The molecule has 0 spiro atoms. The SMILES string of the molecule is NC(=NCCNC(=O)c1cccnc1)Nc1ccc(OC(F)(F)F)cc1. The number of carbonyl (C=O) groups excluding carboxylic acids is 1. The molecule has 7 nitrogen and oxygen atoms in total. The van der Waals surface area contributed by atoms with E-state index in [1.54, 1.807) is 18.3 Å². The molecule has 0 atom stereocenters. The van der Waals surface area contributed by atoms with Crippen molar-refractivity contribution in [3.63, 3.8) is 0 Å². The van der Waals surface area contributed by atoms with E-state index in [1.807, 2.05) is 0 Å². The lowest BCUT2D eigenvalue weighted by molar-refractivity contribution is -0.274. The van der Waals surface area contributed by atoms with Gasteiger partial charge in [-0.25, -0.2) is 0 Å². The fourth-order valence-electron chi connectivity index (χ4n) is 1.87. The Morgan fingerprint density at radius 1 is 1.23 bits per heavy atom. The predicted octanol–water partition coefficient (Wildman–Crippen LogP) is 2.14. The molecule has 4 N–H and O–H groups in total. The molecular formula is C16H16F3N5O2. The Hall–Kier alpha value is -3.30. The minimum absolute atomic E-state index is 0.0603. The van der Waals surface area contributed by atoms with Crippen LogP contribution < -0.4 is 21.1 Å². The van der Waals surface area contributed by atoms with Crippen molar-refractivity contribution in [3.8, 4) is 5.75 Å². The fourth-order valence-corrected chi connectivity index (χ4v) is 1.87. The number of carbonyl (C=O) groups is 1. The molecule has 0 aliphatic heterocycles. The third-order valence-electron chi connectivity index (χ3n) is 2.96. The number of rotatable bonds is 6. The van der Waals surface area contributed by atoms with Crippen LogP contribution in [0.2, 0.25) is 0 Å². The van der Waals surface area contributed by atoms with E-state index in [-0.39, 0.29) is 30.7 Å². The molecule has 0 bridgehead atoms. The summed E-state index contributed by atoms with van der Waals surface area (Å²) >= 11 is 0. The summed E-state index contributed by atoms with van der Waals surface area (Å²) in [7, 11) is 0. The van der Waals surface area contributed by atoms with Crippen molar-refractivity contribution >= 4 is 17.6 Å². The van der Waals surface area contributed by atoms with Crippen LogP contribution in [0, 0.1) is 0 Å². The Morgan fingerprint density at radius 2 is 1.96 bits per heavy atom. The first-order valence-electron chi connectivity index (χ1n) is 7.44. The Balaban J connectivity index is 1.76. The van der Waals surface area contributed by atoms with Gasteiger partial charge in [-0.05, 0) is 36.4 Å². The number of benzene rings is 1. The third kappa shape index (κ3) is 6.67. The van der Waals surface area contributed by atoms with Crippen molar-refractivity contribution in [1.29, 1.82) is 0 Å². The van der Waals surface area contributed by atoms with Gasteiger partial charge in [-0.15, -0.1) is 13.2 Å². The molecule has 0 radical (unpaired) electrons. The van der Waals surface area contributed by atoms with Gasteiger partial charge in [0.25, 0.3) is 5.91 Å². The highest BCUT2D eigenvalue weighted by Gasteiger charge is 2.30. The fraction of sp³-hybridized carbons (Fsp3) is 0.188. The van der Waals surface area contributed by atoms with Gasteiger partial charge in [0.05, 0.1) is 12.1 Å². The number of amides is 1. The summed E-state index contributed by atoms with van der Waals surface area (Å²) in [4.78, 5) is 19.6. The van der Waals surface area contributed by atoms with Crippen LogP contribution in [0.5, 0.6) is 5.75 Å². The van der Waals surface area contributed by atoms with Crippen molar-refractivity contribution in [1.82, 2.24) is 10.3 Å². The minimum atomic E-state index is -4.74. The second-order valence-electron chi connectivity index (χ2n) is 4.96. The lowest BCUT2D eigenvalue weighted by Crippen LogP contribution is -2.28. The Bertz CT molecular complexity index is 749. The van der Waals surface area contributed by atoms with Crippen LogP contribution in [0.4, 0.5) is 18.9 Å². The van der Waals surface area contributed by atoms with Crippen LogP contribution in [-0.4, -0.2) is 36.3 Å². The van der Waals surface area contributed by atoms with Crippen molar-refractivity contribution < 1.29 is 22.7 Å². The van der Waals surface area contributed by atoms with Crippen molar-refractivity contribution in [2.45, 2.75) is 6.36 Å². The first-order valence-corrected chi connectivity index (χ1v) is 7.44. The van der Waals surface area contributed by atoms with Gasteiger partial charge in [0.15, 0.2) is 5.96 Å². The highest BCUT2D eigenvalue weighted by Crippen LogP contribution is 2.23.